The van der Waals surface area contributed by atoms with Crippen LogP contribution in [0, 0.1) is 0 Å². The number of nitrogens with one attached hydrogen (secondary N) is 1. The molecule has 106 valence electrons. The van der Waals surface area contributed by atoms with Gasteiger partial charge in [-0.25, -0.2) is 0 Å². The number of morpholine rings is 1. The van der Waals surface area contributed by atoms with Gasteiger partial charge in [0, 0.05) is 25.7 Å². The molecule has 2 atom stereocenters. The first kappa shape index (κ1) is 14.3. The molecule has 4 heteroatoms. The van der Waals surface area contributed by atoms with Crippen molar-refractivity contribution >= 4 is 0 Å². The van der Waals surface area contributed by atoms with E-state index in [1.54, 1.807) is 12.1 Å². The van der Waals surface area contributed by atoms with Gasteiger partial charge in [0.25, 0.3) is 0 Å². The Balaban J connectivity index is 1.81. The third-order valence-corrected chi connectivity index (χ3v) is 3.72. The highest BCUT2D eigenvalue weighted by Gasteiger charge is 2.18. The van der Waals surface area contributed by atoms with Gasteiger partial charge in [0.15, 0.2) is 0 Å². The van der Waals surface area contributed by atoms with Crippen LogP contribution in [0.25, 0.3) is 0 Å². The van der Waals surface area contributed by atoms with Crippen molar-refractivity contribution in [2.75, 3.05) is 33.3 Å². The molecule has 0 aliphatic carbocycles. The Bertz CT molecular complexity index is 374. The molecule has 1 aromatic carbocycles. The highest BCUT2D eigenvalue weighted by molar-refractivity contribution is 5.26. The van der Waals surface area contributed by atoms with Crippen LogP contribution < -0.4 is 5.32 Å². The molecule has 0 aromatic heterocycles. The third-order valence-electron chi connectivity index (χ3n) is 3.72. The van der Waals surface area contributed by atoms with Crippen molar-refractivity contribution < 1.29 is 9.84 Å². The zero-order chi connectivity index (χ0) is 13.7. The molecule has 1 aliphatic heterocycles. The summed E-state index contributed by atoms with van der Waals surface area (Å²) < 4.78 is 5.73. The molecule has 2 N–H and O–H groups in total. The number of likely N-dealkylation sites (N-methyl/N-ethyl adjacent to an activating group) is 1. The van der Waals surface area contributed by atoms with Gasteiger partial charge in [-0.15, -0.1) is 0 Å². The molecule has 1 aliphatic rings. The molecule has 0 bridgehead atoms. The number of hydrogen-bond donors (Lipinski definition) is 2. The predicted octanol–water partition coefficient (Wildman–Crippen LogP) is 1.24. The lowest BCUT2D eigenvalue weighted by molar-refractivity contribution is 0.00414. The molecule has 1 saturated heterocycles. The monoisotopic (exact) mass is 264 g/mol. The molecule has 1 fully saturated rings. The second-order valence-corrected chi connectivity index (χ2v) is 5.36. The Morgan fingerprint density at radius 3 is 2.79 bits per heavy atom. The van der Waals surface area contributed by atoms with Crippen molar-refractivity contribution in [3.05, 3.63) is 29.8 Å². The van der Waals surface area contributed by atoms with Gasteiger partial charge in [-0.05, 0) is 38.1 Å². The van der Waals surface area contributed by atoms with Crippen molar-refractivity contribution in [3.8, 4) is 5.75 Å². The molecule has 1 aromatic rings. The smallest absolute Gasteiger partial charge is 0.115 e. The zero-order valence-corrected chi connectivity index (χ0v) is 11.8. The van der Waals surface area contributed by atoms with E-state index in [4.69, 9.17) is 4.74 Å². The second-order valence-electron chi connectivity index (χ2n) is 5.36. The van der Waals surface area contributed by atoms with E-state index >= 15 is 0 Å². The Hall–Kier alpha value is -1.10. The third kappa shape index (κ3) is 4.49. The molecular formula is C15H24N2O2. The second kappa shape index (κ2) is 6.89. The van der Waals surface area contributed by atoms with Crippen molar-refractivity contribution in [1.82, 2.24) is 10.2 Å². The minimum Gasteiger partial charge on any atom is -0.508 e. The molecule has 2 unspecified atom stereocenters. The van der Waals surface area contributed by atoms with Crippen LogP contribution in [-0.2, 0) is 11.2 Å². The Morgan fingerprint density at radius 1 is 1.42 bits per heavy atom. The van der Waals surface area contributed by atoms with Crippen LogP contribution >= 0.6 is 0 Å². The summed E-state index contributed by atoms with van der Waals surface area (Å²) in [7, 11) is 2.14. The van der Waals surface area contributed by atoms with E-state index < -0.39 is 0 Å². The fourth-order valence-electron chi connectivity index (χ4n) is 2.37. The highest BCUT2D eigenvalue weighted by Crippen LogP contribution is 2.13. The van der Waals surface area contributed by atoms with Gasteiger partial charge in [-0.1, -0.05) is 12.1 Å². The van der Waals surface area contributed by atoms with Crippen molar-refractivity contribution in [2.24, 2.45) is 0 Å². The lowest BCUT2D eigenvalue weighted by atomic mass is 10.1. The molecule has 0 saturated carbocycles. The van der Waals surface area contributed by atoms with E-state index in [0.29, 0.717) is 17.9 Å². The summed E-state index contributed by atoms with van der Waals surface area (Å²) in [5.41, 5.74) is 1.25. The van der Waals surface area contributed by atoms with E-state index in [-0.39, 0.29) is 0 Å². The topological polar surface area (TPSA) is 44.7 Å². The summed E-state index contributed by atoms with van der Waals surface area (Å²) >= 11 is 0. The molecule has 0 amide bonds. The zero-order valence-electron chi connectivity index (χ0n) is 11.8. The summed E-state index contributed by atoms with van der Waals surface area (Å²) in [4.78, 5) is 2.34. The molecule has 2 rings (SSSR count). The maximum atomic E-state index is 9.28. The van der Waals surface area contributed by atoms with Gasteiger partial charge < -0.3 is 20.1 Å². The predicted molar refractivity (Wildman–Crippen MR) is 76.5 cm³/mol. The first-order valence-electron chi connectivity index (χ1n) is 6.95. The van der Waals surface area contributed by atoms with Gasteiger partial charge in [-0.3, -0.25) is 0 Å². The van der Waals surface area contributed by atoms with Gasteiger partial charge in [0.1, 0.15) is 5.75 Å². The number of phenols is 1. The van der Waals surface area contributed by atoms with Crippen LogP contribution in [0.15, 0.2) is 24.3 Å². The largest absolute Gasteiger partial charge is 0.508 e. The van der Waals surface area contributed by atoms with E-state index in [1.807, 2.05) is 12.1 Å². The summed E-state index contributed by atoms with van der Waals surface area (Å²) in [6, 6.07) is 7.92. The molecule has 0 radical (unpaired) electrons. The average molecular weight is 264 g/mol. The van der Waals surface area contributed by atoms with E-state index in [2.05, 4.69) is 24.2 Å². The minimum absolute atomic E-state index is 0.293. The number of benzene rings is 1. The van der Waals surface area contributed by atoms with Crippen molar-refractivity contribution in [2.45, 2.75) is 25.5 Å². The van der Waals surface area contributed by atoms with Gasteiger partial charge in [0.05, 0.1) is 12.7 Å². The van der Waals surface area contributed by atoms with Gasteiger partial charge >= 0.3 is 0 Å². The fraction of sp³-hybridized carbons (Fsp3) is 0.600. The molecule has 0 spiro atoms. The Morgan fingerprint density at radius 2 is 2.16 bits per heavy atom. The average Bonchev–Trinajstić information content (AvgIpc) is 2.42. The lowest BCUT2D eigenvalue weighted by Gasteiger charge is -2.31. The normalized spacial score (nSPS) is 21.5. The lowest BCUT2D eigenvalue weighted by Crippen LogP contribution is -2.46. The van der Waals surface area contributed by atoms with Crippen LogP contribution in [0.2, 0.25) is 0 Å². The standard InChI is InChI=1S/C15H24N2O2/c1-12(9-13-3-5-14(18)6-4-13)17(2)11-15-10-16-7-8-19-15/h3-6,12,15-16,18H,7-11H2,1-2H3. The summed E-state index contributed by atoms with van der Waals surface area (Å²) in [6.07, 6.45) is 1.28. The van der Waals surface area contributed by atoms with Crippen LogP contribution in [0.3, 0.4) is 0 Å². The van der Waals surface area contributed by atoms with Gasteiger partial charge in [-0.2, -0.15) is 0 Å². The number of ether oxygens (including phenoxy) is 1. The quantitative estimate of drug-likeness (QED) is 0.840. The summed E-state index contributed by atoms with van der Waals surface area (Å²) in [5.74, 6) is 0.325. The number of nitrogens with zero attached hydrogens (tertiary/aromatic N) is 1. The SMILES string of the molecule is CC(Cc1ccc(O)cc1)N(C)CC1CNCCO1. The number of rotatable bonds is 5. The van der Waals surface area contributed by atoms with Gasteiger partial charge in [0.2, 0.25) is 0 Å². The van der Waals surface area contributed by atoms with E-state index in [0.717, 1.165) is 32.7 Å². The Labute approximate surface area is 115 Å². The molecule has 1 heterocycles. The number of hydrogen-bond acceptors (Lipinski definition) is 4. The fourth-order valence-corrected chi connectivity index (χ4v) is 2.37. The maximum Gasteiger partial charge on any atom is 0.115 e. The van der Waals surface area contributed by atoms with Crippen LogP contribution in [0.1, 0.15) is 12.5 Å². The molecule has 4 nitrogen and oxygen atoms in total. The number of aromatic hydroxyl groups is 1. The van der Waals surface area contributed by atoms with Crippen LogP contribution in [-0.4, -0.2) is 55.4 Å². The first-order valence-corrected chi connectivity index (χ1v) is 6.95. The molecular weight excluding hydrogens is 240 g/mol. The highest BCUT2D eigenvalue weighted by atomic mass is 16.5. The first-order chi connectivity index (χ1) is 9.15. The summed E-state index contributed by atoms with van der Waals surface area (Å²) in [5, 5.41) is 12.6. The van der Waals surface area contributed by atoms with Crippen molar-refractivity contribution in [3.63, 3.8) is 0 Å². The number of phenolic OH excluding ortho intramolecular Hbond substituents is 1. The van der Waals surface area contributed by atoms with E-state index in [1.165, 1.54) is 5.56 Å². The van der Waals surface area contributed by atoms with E-state index in [9.17, 15) is 5.11 Å². The van der Waals surface area contributed by atoms with Crippen LogP contribution in [0.5, 0.6) is 5.75 Å². The Kier molecular flexibility index (Phi) is 5.19. The van der Waals surface area contributed by atoms with Crippen molar-refractivity contribution in [1.29, 1.82) is 0 Å². The van der Waals surface area contributed by atoms with Crippen LogP contribution in [0.4, 0.5) is 0 Å². The minimum atomic E-state index is 0.293. The maximum absolute atomic E-state index is 9.28. The summed E-state index contributed by atoms with van der Waals surface area (Å²) in [6.45, 7) is 5.89. The molecule has 19 heavy (non-hydrogen) atoms.